The molecule has 2 aromatic carbocycles. The van der Waals surface area contributed by atoms with Gasteiger partial charge in [0.2, 0.25) is 0 Å². The number of hydrogen-bond acceptors (Lipinski definition) is 8. The van der Waals surface area contributed by atoms with E-state index in [0.29, 0.717) is 52.2 Å². The first-order valence-corrected chi connectivity index (χ1v) is 14.6. The van der Waals surface area contributed by atoms with E-state index in [0.717, 1.165) is 30.1 Å². The highest BCUT2D eigenvalue weighted by molar-refractivity contribution is 8.26. The van der Waals surface area contributed by atoms with Crippen LogP contribution in [0.25, 0.3) is 6.08 Å². The number of nitrogens with zero attached hydrogens (tertiary/aromatic N) is 5. The highest BCUT2D eigenvalue weighted by Crippen LogP contribution is 2.36. The number of aromatic nitrogens is 1. The molecule has 0 atom stereocenters. The monoisotopic (exact) mass is 585 g/mol. The van der Waals surface area contributed by atoms with Gasteiger partial charge in [0, 0.05) is 51.0 Å². The van der Waals surface area contributed by atoms with E-state index in [-0.39, 0.29) is 17.0 Å². The Morgan fingerprint density at radius 3 is 2.32 bits per heavy atom. The van der Waals surface area contributed by atoms with Crippen LogP contribution in [0.3, 0.4) is 0 Å². The van der Waals surface area contributed by atoms with Crippen molar-refractivity contribution in [3.63, 3.8) is 0 Å². The lowest BCUT2D eigenvalue weighted by Crippen LogP contribution is -2.48. The zero-order chi connectivity index (χ0) is 29.1. The summed E-state index contributed by atoms with van der Waals surface area (Å²) in [6.07, 6.45) is 2.50. The molecule has 2 fully saturated rings. The number of thioether (sulfide) groups is 1. The molecule has 0 unspecified atom stereocenters. The first-order chi connectivity index (χ1) is 19.8. The molecule has 10 heteroatoms. The van der Waals surface area contributed by atoms with Gasteiger partial charge in [-0.3, -0.25) is 19.1 Å². The van der Waals surface area contributed by atoms with Crippen LogP contribution in [0.1, 0.15) is 22.3 Å². The zero-order valence-electron chi connectivity index (χ0n) is 23.3. The van der Waals surface area contributed by atoms with Crippen LogP contribution in [-0.4, -0.2) is 59.5 Å². The first-order valence-electron chi connectivity index (χ1n) is 13.4. The molecule has 0 bridgehead atoms. The van der Waals surface area contributed by atoms with Gasteiger partial charge in [-0.15, -0.1) is 0 Å². The number of pyridine rings is 1. The van der Waals surface area contributed by atoms with Gasteiger partial charge in [-0.25, -0.2) is 0 Å². The van der Waals surface area contributed by atoms with Crippen LogP contribution < -0.4 is 20.1 Å². The summed E-state index contributed by atoms with van der Waals surface area (Å²) in [6, 6.07) is 20.0. The average molecular weight is 586 g/mol. The standard InChI is InChI=1S/C31H31N5O3S2/c1-21-25(19-27-30(38)36(31(40)41-27)14-13-22-7-5-4-6-8-22)28(33(2)29(37)26(21)20-32)35-17-15-34(16-18-35)23-9-11-24(39-3)12-10-23/h4-12,19H,13-18H2,1-3H3. The molecule has 41 heavy (non-hydrogen) atoms. The fourth-order valence-corrected chi connectivity index (χ4v) is 6.56. The topological polar surface area (TPSA) is 81.8 Å². The molecule has 0 saturated carbocycles. The van der Waals surface area contributed by atoms with Crippen LogP contribution >= 0.6 is 24.0 Å². The molecule has 1 aromatic heterocycles. The minimum atomic E-state index is -0.342. The molecule has 0 N–H and O–H groups in total. The maximum Gasteiger partial charge on any atom is 0.270 e. The number of piperazine rings is 1. The maximum absolute atomic E-state index is 13.5. The maximum atomic E-state index is 13.5. The normalized spacial score (nSPS) is 16.4. The molecular weight excluding hydrogens is 555 g/mol. The molecule has 0 aliphatic carbocycles. The van der Waals surface area contributed by atoms with Gasteiger partial charge < -0.3 is 14.5 Å². The third kappa shape index (κ3) is 5.73. The summed E-state index contributed by atoms with van der Waals surface area (Å²) < 4.78 is 7.33. The van der Waals surface area contributed by atoms with Crippen molar-refractivity contribution in [2.45, 2.75) is 13.3 Å². The van der Waals surface area contributed by atoms with Crippen molar-refractivity contribution >= 4 is 51.8 Å². The van der Waals surface area contributed by atoms with Gasteiger partial charge in [0.25, 0.3) is 11.5 Å². The molecule has 3 heterocycles. The molecule has 2 aliphatic rings. The van der Waals surface area contributed by atoms with Crippen molar-refractivity contribution in [2.24, 2.45) is 7.05 Å². The Morgan fingerprint density at radius 2 is 1.68 bits per heavy atom. The largest absolute Gasteiger partial charge is 0.497 e. The Balaban J connectivity index is 1.43. The van der Waals surface area contributed by atoms with Crippen molar-refractivity contribution in [1.82, 2.24) is 9.47 Å². The van der Waals surface area contributed by atoms with E-state index in [1.807, 2.05) is 60.7 Å². The number of benzene rings is 2. The highest BCUT2D eigenvalue weighted by Gasteiger charge is 2.33. The Bertz CT molecular complexity index is 1600. The predicted molar refractivity (Wildman–Crippen MR) is 169 cm³/mol. The third-order valence-electron chi connectivity index (χ3n) is 7.60. The third-order valence-corrected chi connectivity index (χ3v) is 8.98. The van der Waals surface area contributed by atoms with Crippen molar-refractivity contribution < 1.29 is 9.53 Å². The van der Waals surface area contributed by atoms with Crippen LogP contribution in [0.4, 0.5) is 11.5 Å². The lowest BCUT2D eigenvalue weighted by Gasteiger charge is -2.38. The number of thiocarbonyl (C=S) groups is 1. The molecule has 2 aliphatic heterocycles. The van der Waals surface area contributed by atoms with Gasteiger partial charge in [0.1, 0.15) is 27.5 Å². The van der Waals surface area contributed by atoms with E-state index >= 15 is 0 Å². The van der Waals surface area contributed by atoms with Crippen LogP contribution in [0.2, 0.25) is 0 Å². The first kappa shape index (κ1) is 28.5. The minimum absolute atomic E-state index is 0.0823. The Morgan fingerprint density at radius 1 is 1.02 bits per heavy atom. The van der Waals surface area contributed by atoms with Gasteiger partial charge in [-0.05, 0) is 54.8 Å². The quantitative estimate of drug-likeness (QED) is 0.299. The van der Waals surface area contributed by atoms with E-state index in [9.17, 15) is 14.9 Å². The number of amides is 1. The SMILES string of the molecule is COc1ccc(N2CCN(c3c(C=C4SC(=S)N(CCc5ccccc5)C4=O)c(C)c(C#N)c(=O)n3C)CC2)cc1. The van der Waals surface area contributed by atoms with Crippen molar-refractivity contribution in [1.29, 1.82) is 5.26 Å². The number of carbonyl (C=O) groups is 1. The summed E-state index contributed by atoms with van der Waals surface area (Å²) >= 11 is 6.84. The van der Waals surface area contributed by atoms with E-state index in [1.54, 1.807) is 26.0 Å². The van der Waals surface area contributed by atoms with Crippen LogP contribution in [0.5, 0.6) is 5.75 Å². The smallest absolute Gasteiger partial charge is 0.270 e. The van der Waals surface area contributed by atoms with Crippen LogP contribution in [0.15, 0.2) is 64.3 Å². The number of carbonyl (C=O) groups excluding carboxylic acids is 1. The molecule has 0 radical (unpaired) electrons. The molecule has 2 saturated heterocycles. The summed E-state index contributed by atoms with van der Waals surface area (Å²) in [4.78, 5) is 33.2. The number of nitriles is 1. The average Bonchev–Trinajstić information content (AvgIpc) is 3.27. The van der Waals surface area contributed by atoms with Crippen LogP contribution in [-0.2, 0) is 18.3 Å². The molecule has 1 amide bonds. The van der Waals surface area contributed by atoms with Crippen LogP contribution in [0, 0.1) is 18.3 Å². The second kappa shape index (κ2) is 12.2. The molecule has 8 nitrogen and oxygen atoms in total. The summed E-state index contributed by atoms with van der Waals surface area (Å²) in [7, 11) is 3.34. The number of hydrogen-bond donors (Lipinski definition) is 0. The summed E-state index contributed by atoms with van der Waals surface area (Å²) in [5.41, 5.74) is 3.25. The number of anilines is 2. The van der Waals surface area contributed by atoms with E-state index in [4.69, 9.17) is 17.0 Å². The molecule has 0 spiro atoms. The molecular formula is C31H31N5O3S2. The summed E-state index contributed by atoms with van der Waals surface area (Å²) in [5, 5.41) is 9.81. The van der Waals surface area contributed by atoms with Crippen molar-refractivity contribution in [3.05, 3.63) is 92.1 Å². The predicted octanol–water partition coefficient (Wildman–Crippen LogP) is 4.34. The molecule has 5 rings (SSSR count). The van der Waals surface area contributed by atoms with Gasteiger partial charge in [-0.1, -0.05) is 54.3 Å². The van der Waals surface area contributed by atoms with E-state index in [1.165, 1.54) is 16.3 Å². The van der Waals surface area contributed by atoms with E-state index in [2.05, 4.69) is 15.9 Å². The Kier molecular flexibility index (Phi) is 8.47. The van der Waals surface area contributed by atoms with E-state index < -0.39 is 0 Å². The Labute approximate surface area is 249 Å². The number of rotatable bonds is 7. The second-order valence-corrected chi connectivity index (χ2v) is 11.6. The van der Waals surface area contributed by atoms with Gasteiger partial charge in [0.05, 0.1) is 12.0 Å². The van der Waals surface area contributed by atoms with Gasteiger partial charge >= 0.3 is 0 Å². The molecule has 210 valence electrons. The highest BCUT2D eigenvalue weighted by atomic mass is 32.2. The number of methoxy groups -OCH3 is 1. The molecule has 3 aromatic rings. The summed E-state index contributed by atoms with van der Waals surface area (Å²) in [5.74, 6) is 1.36. The Hall–Kier alpha value is -4.07. The minimum Gasteiger partial charge on any atom is -0.497 e. The fourth-order valence-electron chi connectivity index (χ4n) is 5.27. The summed E-state index contributed by atoms with van der Waals surface area (Å²) in [6.45, 7) is 5.11. The second-order valence-electron chi connectivity index (χ2n) is 9.95. The van der Waals surface area contributed by atoms with Gasteiger partial charge in [-0.2, -0.15) is 5.26 Å². The van der Waals surface area contributed by atoms with Crippen molar-refractivity contribution in [2.75, 3.05) is 49.6 Å². The lowest BCUT2D eigenvalue weighted by atomic mass is 10.0. The number of ether oxygens (including phenoxy) is 1. The zero-order valence-corrected chi connectivity index (χ0v) is 24.9. The lowest BCUT2D eigenvalue weighted by molar-refractivity contribution is -0.122. The van der Waals surface area contributed by atoms with Gasteiger partial charge in [0.15, 0.2) is 0 Å². The fraction of sp³-hybridized carbons (Fsp3) is 0.290. The van der Waals surface area contributed by atoms with Crippen molar-refractivity contribution in [3.8, 4) is 11.8 Å².